The zero-order chi connectivity index (χ0) is 19.2. The van der Waals surface area contributed by atoms with Gasteiger partial charge in [-0.15, -0.1) is 23.1 Å². The standard InChI is InChI=1S/C22H24N2OS2/c1-15(2)19-11-7-8-16(3)21(19)24-20(25)14-26-12-18-13-27-22(23-18)17-9-5-4-6-10-17/h4-11,13,15H,12,14H2,1-3H3,(H,24,25). The molecule has 3 rings (SSSR count). The van der Waals surface area contributed by atoms with E-state index in [9.17, 15) is 4.79 Å². The minimum atomic E-state index is 0.0368. The summed E-state index contributed by atoms with van der Waals surface area (Å²) in [4.78, 5) is 17.1. The van der Waals surface area contributed by atoms with Crippen molar-refractivity contribution < 1.29 is 4.79 Å². The lowest BCUT2D eigenvalue weighted by atomic mass is 9.98. The van der Waals surface area contributed by atoms with Crippen LogP contribution < -0.4 is 5.32 Å². The van der Waals surface area contributed by atoms with E-state index < -0.39 is 0 Å². The molecule has 1 heterocycles. The van der Waals surface area contributed by atoms with Gasteiger partial charge in [0.1, 0.15) is 5.01 Å². The summed E-state index contributed by atoms with van der Waals surface area (Å²) in [5.74, 6) is 1.57. The Labute approximate surface area is 169 Å². The average molecular weight is 397 g/mol. The van der Waals surface area contributed by atoms with Crippen LogP contribution in [0.3, 0.4) is 0 Å². The van der Waals surface area contributed by atoms with Crippen LogP contribution in [0.15, 0.2) is 53.9 Å². The Kier molecular flexibility index (Phi) is 6.69. The van der Waals surface area contributed by atoms with E-state index in [0.717, 1.165) is 33.3 Å². The molecule has 3 nitrogen and oxygen atoms in total. The van der Waals surface area contributed by atoms with Crippen molar-refractivity contribution in [2.45, 2.75) is 32.4 Å². The number of aromatic nitrogens is 1. The highest BCUT2D eigenvalue weighted by Crippen LogP contribution is 2.28. The highest BCUT2D eigenvalue weighted by molar-refractivity contribution is 7.99. The fourth-order valence-electron chi connectivity index (χ4n) is 2.85. The van der Waals surface area contributed by atoms with Gasteiger partial charge in [0, 0.05) is 22.4 Å². The Hall–Kier alpha value is -2.11. The maximum Gasteiger partial charge on any atom is 0.234 e. The quantitative estimate of drug-likeness (QED) is 0.523. The summed E-state index contributed by atoms with van der Waals surface area (Å²) in [6.45, 7) is 6.33. The maximum atomic E-state index is 12.4. The predicted molar refractivity (Wildman–Crippen MR) is 118 cm³/mol. The van der Waals surface area contributed by atoms with Crippen molar-refractivity contribution in [1.82, 2.24) is 4.98 Å². The number of aryl methyl sites for hydroxylation is 1. The van der Waals surface area contributed by atoms with Crippen LogP contribution in [0.5, 0.6) is 0 Å². The summed E-state index contributed by atoms with van der Waals surface area (Å²) in [5, 5.41) is 6.20. The van der Waals surface area contributed by atoms with Gasteiger partial charge in [-0.05, 0) is 24.0 Å². The molecule has 0 radical (unpaired) electrons. The van der Waals surface area contributed by atoms with Crippen LogP contribution in [0.4, 0.5) is 5.69 Å². The number of rotatable bonds is 7. The fraction of sp³-hybridized carbons (Fsp3) is 0.273. The molecule has 5 heteroatoms. The number of anilines is 1. The van der Waals surface area contributed by atoms with Crippen LogP contribution in [-0.4, -0.2) is 16.6 Å². The van der Waals surface area contributed by atoms with Crippen LogP contribution in [0.1, 0.15) is 36.6 Å². The van der Waals surface area contributed by atoms with Crippen LogP contribution in [-0.2, 0) is 10.5 Å². The lowest BCUT2D eigenvalue weighted by molar-refractivity contribution is -0.113. The molecule has 0 aliphatic rings. The molecule has 0 saturated carbocycles. The molecule has 0 aliphatic heterocycles. The molecule has 2 aromatic carbocycles. The molecule has 1 N–H and O–H groups in total. The van der Waals surface area contributed by atoms with E-state index >= 15 is 0 Å². The minimum absolute atomic E-state index is 0.0368. The zero-order valence-corrected chi connectivity index (χ0v) is 17.5. The third-order valence-electron chi connectivity index (χ3n) is 4.25. The van der Waals surface area contributed by atoms with Gasteiger partial charge in [-0.2, -0.15) is 0 Å². The van der Waals surface area contributed by atoms with Crippen molar-refractivity contribution in [3.8, 4) is 10.6 Å². The SMILES string of the molecule is Cc1cccc(C(C)C)c1NC(=O)CSCc1csc(-c2ccccc2)n1. The number of nitrogens with one attached hydrogen (secondary N) is 1. The van der Waals surface area contributed by atoms with E-state index in [2.05, 4.69) is 47.7 Å². The van der Waals surface area contributed by atoms with Crippen molar-refractivity contribution in [2.75, 3.05) is 11.1 Å². The molecule has 0 spiro atoms. The molecular weight excluding hydrogens is 372 g/mol. The van der Waals surface area contributed by atoms with E-state index in [-0.39, 0.29) is 5.91 Å². The Morgan fingerprint density at radius 2 is 1.93 bits per heavy atom. The van der Waals surface area contributed by atoms with Crippen molar-refractivity contribution in [2.24, 2.45) is 0 Å². The van der Waals surface area contributed by atoms with E-state index in [1.165, 1.54) is 5.56 Å². The Morgan fingerprint density at radius 1 is 1.15 bits per heavy atom. The van der Waals surface area contributed by atoms with E-state index in [4.69, 9.17) is 0 Å². The number of para-hydroxylation sites is 1. The molecule has 140 valence electrons. The summed E-state index contributed by atoms with van der Waals surface area (Å²) in [6, 6.07) is 16.3. The number of amides is 1. The van der Waals surface area contributed by atoms with Gasteiger partial charge in [-0.1, -0.05) is 62.4 Å². The van der Waals surface area contributed by atoms with E-state index in [0.29, 0.717) is 11.7 Å². The van der Waals surface area contributed by atoms with Gasteiger partial charge in [-0.25, -0.2) is 4.98 Å². The molecule has 0 atom stereocenters. The number of thiazole rings is 1. The second-order valence-electron chi connectivity index (χ2n) is 6.74. The average Bonchev–Trinajstić information content (AvgIpc) is 3.13. The first-order valence-corrected chi connectivity index (χ1v) is 11.0. The van der Waals surface area contributed by atoms with Crippen molar-refractivity contribution in [3.63, 3.8) is 0 Å². The molecule has 1 amide bonds. The third kappa shape index (κ3) is 5.21. The van der Waals surface area contributed by atoms with Gasteiger partial charge in [0.15, 0.2) is 0 Å². The molecule has 0 fully saturated rings. The monoisotopic (exact) mass is 396 g/mol. The van der Waals surface area contributed by atoms with Crippen LogP contribution >= 0.6 is 23.1 Å². The smallest absolute Gasteiger partial charge is 0.234 e. The summed E-state index contributed by atoms with van der Waals surface area (Å²) in [6.07, 6.45) is 0. The van der Waals surface area contributed by atoms with Gasteiger partial charge in [-0.3, -0.25) is 4.79 Å². The number of carbonyl (C=O) groups excluding carboxylic acids is 1. The molecule has 27 heavy (non-hydrogen) atoms. The predicted octanol–water partition coefficient (Wildman–Crippen LogP) is 6.11. The minimum Gasteiger partial charge on any atom is -0.325 e. The largest absolute Gasteiger partial charge is 0.325 e. The first-order chi connectivity index (χ1) is 13.0. The van der Waals surface area contributed by atoms with Crippen molar-refractivity contribution in [3.05, 3.63) is 70.7 Å². The number of thioether (sulfide) groups is 1. The molecule has 1 aromatic heterocycles. The fourth-order valence-corrected chi connectivity index (χ4v) is 4.50. The Morgan fingerprint density at radius 3 is 2.67 bits per heavy atom. The topological polar surface area (TPSA) is 42.0 Å². The number of nitrogens with zero attached hydrogens (tertiary/aromatic N) is 1. The van der Waals surface area contributed by atoms with Gasteiger partial charge in [0.2, 0.25) is 5.91 Å². The zero-order valence-electron chi connectivity index (χ0n) is 15.9. The maximum absolute atomic E-state index is 12.4. The molecule has 3 aromatic rings. The summed E-state index contributed by atoms with van der Waals surface area (Å²) in [7, 11) is 0. The molecule has 0 bridgehead atoms. The third-order valence-corrected chi connectivity index (χ3v) is 6.15. The number of hydrogen-bond acceptors (Lipinski definition) is 4. The normalized spacial score (nSPS) is 11.0. The Balaban J connectivity index is 1.55. The highest BCUT2D eigenvalue weighted by Gasteiger charge is 2.12. The first-order valence-electron chi connectivity index (χ1n) is 9.01. The Bertz CT molecular complexity index is 904. The van der Waals surface area contributed by atoms with Gasteiger partial charge in [0.05, 0.1) is 11.4 Å². The van der Waals surface area contributed by atoms with Gasteiger partial charge < -0.3 is 5.32 Å². The van der Waals surface area contributed by atoms with Crippen LogP contribution in [0.2, 0.25) is 0 Å². The van der Waals surface area contributed by atoms with Gasteiger partial charge in [0.25, 0.3) is 0 Å². The molecule has 0 unspecified atom stereocenters. The second kappa shape index (κ2) is 9.20. The summed E-state index contributed by atoms with van der Waals surface area (Å²) >= 11 is 3.24. The summed E-state index contributed by atoms with van der Waals surface area (Å²) < 4.78 is 0. The number of carbonyl (C=O) groups is 1. The van der Waals surface area contributed by atoms with E-state index in [1.54, 1.807) is 23.1 Å². The van der Waals surface area contributed by atoms with Gasteiger partial charge >= 0.3 is 0 Å². The lowest BCUT2D eigenvalue weighted by Gasteiger charge is -2.16. The first kappa shape index (κ1) is 19.6. The second-order valence-corrected chi connectivity index (χ2v) is 8.59. The van der Waals surface area contributed by atoms with Crippen LogP contribution in [0, 0.1) is 6.92 Å². The van der Waals surface area contributed by atoms with Crippen molar-refractivity contribution >= 4 is 34.7 Å². The van der Waals surface area contributed by atoms with E-state index in [1.807, 2.05) is 37.3 Å². The number of hydrogen-bond donors (Lipinski definition) is 1. The number of benzene rings is 2. The van der Waals surface area contributed by atoms with Crippen molar-refractivity contribution in [1.29, 1.82) is 0 Å². The molecule has 0 saturated heterocycles. The lowest BCUT2D eigenvalue weighted by Crippen LogP contribution is -2.16. The molecular formula is C22H24N2OS2. The summed E-state index contributed by atoms with van der Waals surface area (Å²) in [5.41, 5.74) is 5.40. The molecule has 0 aliphatic carbocycles. The highest BCUT2D eigenvalue weighted by atomic mass is 32.2. The van der Waals surface area contributed by atoms with Crippen LogP contribution in [0.25, 0.3) is 10.6 Å².